The number of anilines is 2. The second-order valence-corrected chi connectivity index (χ2v) is 7.85. The van der Waals surface area contributed by atoms with Crippen molar-refractivity contribution in [1.82, 2.24) is 24.6 Å². The summed E-state index contributed by atoms with van der Waals surface area (Å²) < 4.78 is 1.28. The van der Waals surface area contributed by atoms with Gasteiger partial charge in [0.05, 0.1) is 24.2 Å². The third kappa shape index (κ3) is 4.22. The second-order valence-electron chi connectivity index (χ2n) is 7.85. The van der Waals surface area contributed by atoms with Gasteiger partial charge in [-0.2, -0.15) is 9.50 Å². The Bertz CT molecular complexity index is 1310. The fourth-order valence-corrected chi connectivity index (χ4v) is 3.54. The number of fused-ring (bicyclic) bond motifs is 1. The molecule has 3 heterocycles. The number of pyridine rings is 1. The number of hydrogen-bond acceptors (Lipinski definition) is 6. The molecule has 0 bridgehead atoms. The van der Waals surface area contributed by atoms with Crippen molar-refractivity contribution in [2.24, 2.45) is 0 Å². The van der Waals surface area contributed by atoms with Crippen LogP contribution in [-0.4, -0.2) is 44.6 Å². The number of aryl methyl sites for hydroxylation is 2. The summed E-state index contributed by atoms with van der Waals surface area (Å²) in [5, 5.41) is 2.88. The maximum atomic E-state index is 13.5. The van der Waals surface area contributed by atoms with E-state index in [1.807, 2.05) is 55.4 Å². The van der Waals surface area contributed by atoms with Crippen molar-refractivity contribution >= 4 is 23.1 Å². The Hall–Kier alpha value is -4.01. The highest BCUT2D eigenvalue weighted by atomic mass is 16.2. The maximum Gasteiger partial charge on any atom is 0.277 e. The molecular formula is C23H25N7O2. The van der Waals surface area contributed by atoms with Gasteiger partial charge in [0.15, 0.2) is 0 Å². The van der Waals surface area contributed by atoms with E-state index in [-0.39, 0.29) is 17.9 Å². The van der Waals surface area contributed by atoms with Crippen molar-refractivity contribution in [1.29, 1.82) is 0 Å². The van der Waals surface area contributed by atoms with E-state index in [1.54, 1.807) is 31.1 Å². The van der Waals surface area contributed by atoms with Crippen molar-refractivity contribution in [2.45, 2.75) is 26.8 Å². The minimum atomic E-state index is -0.312. The molecule has 0 spiro atoms. The number of benzene rings is 1. The lowest BCUT2D eigenvalue weighted by Gasteiger charge is -2.24. The van der Waals surface area contributed by atoms with E-state index in [4.69, 9.17) is 0 Å². The monoisotopic (exact) mass is 431 g/mol. The van der Waals surface area contributed by atoms with E-state index >= 15 is 0 Å². The Morgan fingerprint density at radius 1 is 1.00 bits per heavy atom. The third-order valence-electron chi connectivity index (χ3n) is 5.30. The summed E-state index contributed by atoms with van der Waals surface area (Å²) in [5.41, 5.74) is 3.26. The zero-order valence-corrected chi connectivity index (χ0v) is 18.5. The van der Waals surface area contributed by atoms with Crippen molar-refractivity contribution in [3.05, 3.63) is 81.8 Å². The average Bonchev–Trinajstić information content (AvgIpc) is 3.16. The number of amides is 1. The lowest BCUT2D eigenvalue weighted by molar-refractivity contribution is -0.118. The molecular weight excluding hydrogens is 406 g/mol. The van der Waals surface area contributed by atoms with Gasteiger partial charge in [0.2, 0.25) is 5.91 Å². The summed E-state index contributed by atoms with van der Waals surface area (Å²) in [6.45, 7) is 3.84. The molecule has 0 aliphatic rings. The minimum Gasteiger partial charge on any atom is -0.378 e. The van der Waals surface area contributed by atoms with Crippen LogP contribution >= 0.6 is 0 Å². The summed E-state index contributed by atoms with van der Waals surface area (Å²) in [5.74, 6) is 0.685. The number of H-pyrrole nitrogens is 1. The van der Waals surface area contributed by atoms with Crippen LogP contribution in [0.4, 0.5) is 11.4 Å². The Kier molecular flexibility index (Phi) is 5.72. The molecule has 0 aliphatic heterocycles. The van der Waals surface area contributed by atoms with Crippen LogP contribution in [0.15, 0.2) is 53.6 Å². The molecule has 0 saturated heterocycles. The molecule has 0 radical (unpaired) electrons. The SMILES string of the molecule is Cc1nc2nc(C)c(CC(=O)N(Cc3ccncc3)c3ccc(N(C)C)cc3)c(=O)n2[nH]1. The van der Waals surface area contributed by atoms with E-state index in [1.165, 1.54) is 4.52 Å². The fourth-order valence-electron chi connectivity index (χ4n) is 3.54. The molecule has 0 atom stereocenters. The van der Waals surface area contributed by atoms with Gasteiger partial charge < -0.3 is 9.80 Å². The van der Waals surface area contributed by atoms with E-state index in [0.717, 1.165) is 16.9 Å². The van der Waals surface area contributed by atoms with E-state index in [2.05, 4.69) is 20.1 Å². The predicted molar refractivity (Wildman–Crippen MR) is 123 cm³/mol. The maximum absolute atomic E-state index is 13.5. The van der Waals surface area contributed by atoms with Gasteiger partial charge in [-0.25, -0.2) is 4.98 Å². The van der Waals surface area contributed by atoms with Gasteiger partial charge in [0.1, 0.15) is 5.82 Å². The molecule has 0 saturated carbocycles. The first-order valence-corrected chi connectivity index (χ1v) is 10.2. The molecule has 32 heavy (non-hydrogen) atoms. The summed E-state index contributed by atoms with van der Waals surface area (Å²) in [6.07, 6.45) is 3.32. The number of aromatic nitrogens is 5. The number of hydrogen-bond donors (Lipinski definition) is 1. The number of nitrogens with one attached hydrogen (secondary N) is 1. The fraction of sp³-hybridized carbons (Fsp3) is 0.261. The molecule has 164 valence electrons. The van der Waals surface area contributed by atoms with Crippen LogP contribution in [0.2, 0.25) is 0 Å². The first-order chi connectivity index (χ1) is 15.3. The normalized spacial score (nSPS) is 11.0. The Labute approximate surface area is 185 Å². The highest BCUT2D eigenvalue weighted by molar-refractivity contribution is 5.95. The Balaban J connectivity index is 1.70. The zero-order chi connectivity index (χ0) is 22.8. The Morgan fingerprint density at radius 3 is 2.31 bits per heavy atom. The first-order valence-electron chi connectivity index (χ1n) is 10.2. The van der Waals surface area contributed by atoms with E-state index < -0.39 is 0 Å². The van der Waals surface area contributed by atoms with Gasteiger partial charge >= 0.3 is 0 Å². The number of carbonyl (C=O) groups is 1. The topological polar surface area (TPSA) is 99.5 Å². The van der Waals surface area contributed by atoms with Gasteiger partial charge in [0.25, 0.3) is 11.3 Å². The highest BCUT2D eigenvalue weighted by Crippen LogP contribution is 2.22. The highest BCUT2D eigenvalue weighted by Gasteiger charge is 2.21. The van der Waals surface area contributed by atoms with Crippen LogP contribution in [0.3, 0.4) is 0 Å². The van der Waals surface area contributed by atoms with Gasteiger partial charge in [-0.15, -0.1) is 0 Å². The van der Waals surface area contributed by atoms with Gasteiger partial charge in [-0.05, 0) is 55.8 Å². The predicted octanol–water partition coefficient (Wildman–Crippen LogP) is 2.27. The first kappa shape index (κ1) is 21.2. The average molecular weight is 432 g/mol. The molecule has 1 N–H and O–H groups in total. The van der Waals surface area contributed by atoms with Gasteiger partial charge in [-0.1, -0.05) is 0 Å². The number of aromatic amines is 1. The van der Waals surface area contributed by atoms with E-state index in [9.17, 15) is 9.59 Å². The van der Waals surface area contributed by atoms with E-state index in [0.29, 0.717) is 29.4 Å². The molecule has 4 aromatic rings. The van der Waals surface area contributed by atoms with Crippen molar-refractivity contribution in [2.75, 3.05) is 23.9 Å². The van der Waals surface area contributed by atoms with Crippen molar-refractivity contribution in [3.63, 3.8) is 0 Å². The molecule has 1 aromatic carbocycles. The second kappa shape index (κ2) is 8.62. The molecule has 0 aliphatic carbocycles. The summed E-state index contributed by atoms with van der Waals surface area (Å²) in [6, 6.07) is 11.5. The van der Waals surface area contributed by atoms with Crippen LogP contribution in [-0.2, 0) is 17.8 Å². The number of carbonyl (C=O) groups excluding carboxylic acids is 1. The largest absolute Gasteiger partial charge is 0.378 e. The van der Waals surface area contributed by atoms with Crippen molar-refractivity contribution in [3.8, 4) is 0 Å². The molecule has 9 heteroatoms. The zero-order valence-electron chi connectivity index (χ0n) is 18.5. The molecule has 0 fully saturated rings. The summed E-state index contributed by atoms with van der Waals surface area (Å²) in [7, 11) is 3.93. The van der Waals surface area contributed by atoms with Crippen LogP contribution in [0.1, 0.15) is 22.6 Å². The van der Waals surface area contributed by atoms with Crippen LogP contribution in [0, 0.1) is 13.8 Å². The molecule has 9 nitrogen and oxygen atoms in total. The number of rotatable bonds is 6. The standard InChI is InChI=1S/C23H25N7O2/c1-15-20(22(32)30-23(25-15)26-16(2)27-30)13-21(31)29(14-17-9-11-24-12-10-17)19-7-5-18(6-8-19)28(3)4/h5-12H,13-14H2,1-4H3,(H,25,26,27). The van der Waals surface area contributed by atoms with Crippen LogP contribution in [0.5, 0.6) is 0 Å². The summed E-state index contributed by atoms with van der Waals surface area (Å²) in [4.78, 5) is 42.8. The quantitative estimate of drug-likeness (QED) is 0.503. The van der Waals surface area contributed by atoms with Gasteiger partial charge in [-0.3, -0.25) is 19.7 Å². The van der Waals surface area contributed by atoms with Crippen LogP contribution < -0.4 is 15.4 Å². The smallest absolute Gasteiger partial charge is 0.277 e. The third-order valence-corrected chi connectivity index (χ3v) is 5.30. The molecule has 1 amide bonds. The molecule has 0 unspecified atom stereocenters. The summed E-state index contributed by atoms with van der Waals surface area (Å²) >= 11 is 0. The van der Waals surface area contributed by atoms with Crippen LogP contribution in [0.25, 0.3) is 5.78 Å². The Morgan fingerprint density at radius 2 is 1.66 bits per heavy atom. The van der Waals surface area contributed by atoms with Crippen molar-refractivity contribution < 1.29 is 4.79 Å². The lowest BCUT2D eigenvalue weighted by Crippen LogP contribution is -2.34. The van der Waals surface area contributed by atoms with Gasteiger partial charge in [0, 0.05) is 37.9 Å². The molecule has 4 rings (SSSR count). The lowest BCUT2D eigenvalue weighted by atomic mass is 10.1. The minimum absolute atomic E-state index is 0.0702. The molecule has 3 aromatic heterocycles. The number of nitrogens with zero attached hydrogens (tertiary/aromatic N) is 6.